The molecule has 0 heterocycles. The fourth-order valence-corrected chi connectivity index (χ4v) is 5.79. The number of hydrogen-bond donors (Lipinski definition) is 1. The monoisotopic (exact) mass is 580 g/mol. The summed E-state index contributed by atoms with van der Waals surface area (Å²) in [6.45, 7) is 4.56. The van der Waals surface area contributed by atoms with E-state index in [4.69, 9.17) is 4.55 Å². The molecule has 0 bridgehead atoms. The SMILES string of the molecule is CCCCCCCCCCCCC.O=C(CC1CCCC1)c1ccc2ccccc2c1.O=S(=O)(O)c1ccccc1. The number of carbonyl (C=O) groups excluding carboxylic acids is 1. The van der Waals surface area contributed by atoms with Gasteiger partial charge in [-0.1, -0.05) is 165 Å². The molecule has 41 heavy (non-hydrogen) atoms. The van der Waals surface area contributed by atoms with E-state index in [0.717, 1.165) is 17.4 Å². The summed E-state index contributed by atoms with van der Waals surface area (Å²) in [7, 11) is -4.00. The highest BCUT2D eigenvalue weighted by molar-refractivity contribution is 7.85. The number of benzene rings is 3. The number of hydrogen-bond acceptors (Lipinski definition) is 3. The van der Waals surface area contributed by atoms with Crippen molar-refractivity contribution in [1.29, 1.82) is 0 Å². The molecule has 4 rings (SSSR count). The quantitative estimate of drug-likeness (QED) is 0.117. The Hall–Kier alpha value is -2.50. The Kier molecular flexibility index (Phi) is 17.3. The van der Waals surface area contributed by atoms with Crippen LogP contribution >= 0.6 is 0 Å². The van der Waals surface area contributed by atoms with E-state index < -0.39 is 10.1 Å². The van der Waals surface area contributed by atoms with Crippen molar-refractivity contribution in [3.63, 3.8) is 0 Å². The maximum absolute atomic E-state index is 12.2. The average Bonchev–Trinajstić information content (AvgIpc) is 3.50. The zero-order valence-corrected chi connectivity index (χ0v) is 26.2. The van der Waals surface area contributed by atoms with Crippen molar-refractivity contribution in [2.24, 2.45) is 5.92 Å². The zero-order valence-electron chi connectivity index (χ0n) is 25.4. The smallest absolute Gasteiger partial charge is 0.294 e. The van der Waals surface area contributed by atoms with Crippen LogP contribution in [0, 0.1) is 5.92 Å². The van der Waals surface area contributed by atoms with E-state index in [1.165, 1.54) is 114 Å². The van der Waals surface area contributed by atoms with Gasteiger partial charge in [0.05, 0.1) is 4.90 Å². The first kappa shape index (κ1) is 34.7. The maximum Gasteiger partial charge on any atom is 0.294 e. The summed E-state index contributed by atoms with van der Waals surface area (Å²) in [5.74, 6) is 0.941. The Labute approximate surface area is 249 Å². The van der Waals surface area contributed by atoms with E-state index in [1.54, 1.807) is 18.2 Å². The van der Waals surface area contributed by atoms with Crippen LogP contribution in [0.1, 0.15) is 127 Å². The third-order valence-corrected chi connectivity index (χ3v) is 8.64. The van der Waals surface area contributed by atoms with Gasteiger partial charge >= 0.3 is 0 Å². The molecule has 1 saturated carbocycles. The van der Waals surface area contributed by atoms with Gasteiger partial charge in [-0.25, -0.2) is 0 Å². The Morgan fingerprint density at radius 1 is 0.683 bits per heavy atom. The van der Waals surface area contributed by atoms with Crippen LogP contribution in [0.4, 0.5) is 0 Å². The predicted octanol–water partition coefficient (Wildman–Crippen LogP) is 10.9. The molecule has 1 fully saturated rings. The zero-order chi connectivity index (χ0) is 29.8. The Balaban J connectivity index is 0.000000227. The lowest BCUT2D eigenvalue weighted by molar-refractivity contribution is 0.0962. The Morgan fingerprint density at radius 2 is 1.17 bits per heavy atom. The van der Waals surface area contributed by atoms with Gasteiger partial charge in [0.25, 0.3) is 10.1 Å². The van der Waals surface area contributed by atoms with E-state index in [2.05, 4.69) is 32.0 Å². The third kappa shape index (κ3) is 14.8. The van der Waals surface area contributed by atoms with Gasteiger partial charge < -0.3 is 0 Å². The van der Waals surface area contributed by atoms with Crippen LogP contribution in [0.5, 0.6) is 0 Å². The van der Waals surface area contributed by atoms with Crippen molar-refractivity contribution in [2.45, 2.75) is 121 Å². The highest BCUT2D eigenvalue weighted by atomic mass is 32.2. The van der Waals surface area contributed by atoms with Gasteiger partial charge in [-0.2, -0.15) is 8.42 Å². The minimum Gasteiger partial charge on any atom is -0.294 e. The molecule has 3 aromatic rings. The number of rotatable bonds is 14. The minimum atomic E-state index is -4.00. The second kappa shape index (κ2) is 20.4. The Morgan fingerprint density at radius 3 is 1.66 bits per heavy atom. The van der Waals surface area contributed by atoms with Crippen LogP contribution in [0.25, 0.3) is 10.8 Å². The normalized spacial score (nSPS) is 13.2. The van der Waals surface area contributed by atoms with Gasteiger partial charge in [-0.15, -0.1) is 0 Å². The number of carbonyl (C=O) groups is 1. The summed E-state index contributed by atoms with van der Waals surface area (Å²) < 4.78 is 29.2. The molecule has 0 unspecified atom stereocenters. The molecular weight excluding hydrogens is 528 g/mol. The molecule has 1 aliphatic rings. The fourth-order valence-electron chi connectivity index (χ4n) is 5.29. The number of unbranched alkanes of at least 4 members (excludes halogenated alkanes) is 10. The van der Waals surface area contributed by atoms with Crippen LogP contribution < -0.4 is 0 Å². The molecule has 226 valence electrons. The molecule has 0 aliphatic heterocycles. The molecule has 0 aromatic heterocycles. The molecule has 0 atom stereocenters. The summed E-state index contributed by atoms with van der Waals surface area (Å²) in [6, 6.07) is 21.7. The van der Waals surface area contributed by atoms with Gasteiger partial charge in [-0.3, -0.25) is 9.35 Å². The van der Waals surface area contributed by atoms with Crippen LogP contribution in [-0.2, 0) is 10.1 Å². The summed E-state index contributed by atoms with van der Waals surface area (Å²) in [5, 5.41) is 2.37. The van der Waals surface area contributed by atoms with Crippen molar-refractivity contribution in [3.05, 3.63) is 78.4 Å². The first-order chi connectivity index (χ1) is 19.8. The number of fused-ring (bicyclic) bond motifs is 1. The minimum absolute atomic E-state index is 0.0741. The fraction of sp³-hybridized carbons (Fsp3) is 0.528. The number of ketones is 1. The highest BCUT2D eigenvalue weighted by Gasteiger charge is 2.19. The van der Waals surface area contributed by atoms with Gasteiger partial charge in [-0.05, 0) is 34.9 Å². The molecule has 0 radical (unpaired) electrons. The van der Waals surface area contributed by atoms with E-state index in [1.807, 2.05) is 24.3 Å². The van der Waals surface area contributed by atoms with Crippen LogP contribution in [0.15, 0.2) is 77.7 Å². The van der Waals surface area contributed by atoms with E-state index in [0.29, 0.717) is 11.7 Å². The molecule has 1 N–H and O–H groups in total. The summed E-state index contributed by atoms with van der Waals surface area (Å²) in [4.78, 5) is 12.2. The van der Waals surface area contributed by atoms with Gasteiger partial charge in [0.15, 0.2) is 5.78 Å². The van der Waals surface area contributed by atoms with Crippen molar-refractivity contribution in [3.8, 4) is 0 Å². The standard InChI is InChI=1S/C17H18O.C13H28.C6H6O3S/c18-17(11-13-5-1-2-6-13)16-10-9-14-7-3-4-8-15(14)12-16;1-3-5-7-9-11-13-12-10-8-6-4-2;7-10(8,9)6-4-2-1-3-5-6/h3-4,7-10,12-13H,1-2,5-6,11H2;3-13H2,1-2H3;1-5H,(H,7,8,9). The molecule has 0 spiro atoms. The molecule has 0 saturated heterocycles. The molecule has 3 aromatic carbocycles. The third-order valence-electron chi connectivity index (χ3n) is 7.77. The van der Waals surface area contributed by atoms with Crippen molar-refractivity contribution >= 4 is 26.7 Å². The first-order valence-corrected chi connectivity index (χ1v) is 17.3. The predicted molar refractivity (Wildman–Crippen MR) is 173 cm³/mol. The molecule has 0 amide bonds. The van der Waals surface area contributed by atoms with Crippen molar-refractivity contribution < 1.29 is 17.8 Å². The maximum atomic E-state index is 12.2. The van der Waals surface area contributed by atoms with Crippen LogP contribution in [0.3, 0.4) is 0 Å². The highest BCUT2D eigenvalue weighted by Crippen LogP contribution is 2.29. The number of Topliss-reactive ketones (excluding diaryl/α,β-unsaturated/α-hetero) is 1. The summed E-state index contributed by atoms with van der Waals surface area (Å²) >= 11 is 0. The molecule has 1 aliphatic carbocycles. The van der Waals surface area contributed by atoms with Crippen LogP contribution in [0.2, 0.25) is 0 Å². The second-order valence-electron chi connectivity index (χ2n) is 11.3. The van der Waals surface area contributed by atoms with Crippen molar-refractivity contribution in [1.82, 2.24) is 0 Å². The molecular formula is C36H52O4S. The lowest BCUT2D eigenvalue weighted by Gasteiger charge is -2.08. The molecule has 5 heteroatoms. The topological polar surface area (TPSA) is 71.4 Å². The average molecular weight is 581 g/mol. The Bertz CT molecular complexity index is 1200. The van der Waals surface area contributed by atoms with E-state index in [9.17, 15) is 13.2 Å². The van der Waals surface area contributed by atoms with Crippen molar-refractivity contribution in [2.75, 3.05) is 0 Å². The van der Waals surface area contributed by atoms with Gasteiger partial charge in [0.2, 0.25) is 0 Å². The molecule has 4 nitrogen and oxygen atoms in total. The second-order valence-corrected chi connectivity index (χ2v) is 12.7. The summed E-state index contributed by atoms with van der Waals surface area (Å²) in [5.41, 5.74) is 0.876. The van der Waals surface area contributed by atoms with Crippen LogP contribution in [-0.4, -0.2) is 18.8 Å². The van der Waals surface area contributed by atoms with E-state index in [-0.39, 0.29) is 4.90 Å². The van der Waals surface area contributed by atoms with Gasteiger partial charge in [0, 0.05) is 12.0 Å². The van der Waals surface area contributed by atoms with E-state index >= 15 is 0 Å². The summed E-state index contributed by atoms with van der Waals surface area (Å²) in [6.07, 6.45) is 21.7. The lowest BCUT2D eigenvalue weighted by Crippen LogP contribution is -2.05. The van der Waals surface area contributed by atoms with Gasteiger partial charge in [0.1, 0.15) is 0 Å². The largest absolute Gasteiger partial charge is 0.294 e. The first-order valence-electron chi connectivity index (χ1n) is 15.9. The lowest BCUT2D eigenvalue weighted by atomic mass is 9.96.